The smallest absolute Gasteiger partial charge is 0.345 e. The highest BCUT2D eigenvalue weighted by Gasteiger charge is 2.28. The third-order valence-corrected chi connectivity index (χ3v) is 6.21. The maximum Gasteiger partial charge on any atom is 0.345 e. The summed E-state index contributed by atoms with van der Waals surface area (Å²) >= 11 is 0.922. The summed E-state index contributed by atoms with van der Waals surface area (Å²) in [5, 5.41) is 11.6. The third-order valence-electron chi connectivity index (χ3n) is 3.80. The summed E-state index contributed by atoms with van der Waals surface area (Å²) in [7, 11) is -3.23. The maximum absolute atomic E-state index is 12.0. The molecule has 1 aromatic rings. The highest BCUT2D eigenvalue weighted by molar-refractivity contribution is 7.88. The van der Waals surface area contributed by atoms with Crippen LogP contribution in [0.25, 0.3) is 0 Å². The van der Waals surface area contributed by atoms with Crippen molar-refractivity contribution in [1.82, 2.24) is 9.62 Å². The van der Waals surface area contributed by atoms with Gasteiger partial charge in [-0.1, -0.05) is 6.42 Å². The molecule has 23 heavy (non-hydrogen) atoms. The highest BCUT2D eigenvalue weighted by atomic mass is 32.2. The van der Waals surface area contributed by atoms with Crippen molar-refractivity contribution in [1.29, 1.82) is 0 Å². The molecule has 1 aliphatic rings. The molecule has 2 N–H and O–H groups in total. The van der Waals surface area contributed by atoms with E-state index >= 15 is 0 Å². The zero-order chi connectivity index (χ0) is 17.0. The van der Waals surface area contributed by atoms with Gasteiger partial charge in [-0.15, -0.1) is 11.3 Å². The molecule has 7 nitrogen and oxygen atoms in total. The molecule has 128 valence electrons. The molecule has 0 unspecified atom stereocenters. The Morgan fingerprint density at radius 2 is 2.04 bits per heavy atom. The summed E-state index contributed by atoms with van der Waals surface area (Å²) in [5.74, 6) is -1.38. The van der Waals surface area contributed by atoms with Crippen LogP contribution in [-0.4, -0.2) is 55.1 Å². The van der Waals surface area contributed by atoms with Crippen LogP contribution in [0.15, 0.2) is 12.1 Å². The number of carboxylic acid groups (broad SMARTS) is 1. The number of piperidine rings is 1. The number of carbonyl (C=O) groups excluding carboxylic acids is 1. The Kier molecular flexibility index (Phi) is 5.77. The van der Waals surface area contributed by atoms with Crippen LogP contribution in [0.5, 0.6) is 0 Å². The molecule has 9 heteroatoms. The maximum atomic E-state index is 12.0. The number of rotatable bonds is 6. The number of carbonyl (C=O) groups is 2. The van der Waals surface area contributed by atoms with Crippen molar-refractivity contribution in [3.63, 3.8) is 0 Å². The van der Waals surface area contributed by atoms with E-state index in [1.54, 1.807) is 0 Å². The van der Waals surface area contributed by atoms with Gasteiger partial charge in [0.2, 0.25) is 10.0 Å². The van der Waals surface area contributed by atoms with Gasteiger partial charge < -0.3 is 10.4 Å². The number of sulfonamides is 1. The molecule has 0 radical (unpaired) electrons. The Labute approximate surface area is 139 Å². The largest absolute Gasteiger partial charge is 0.477 e. The lowest BCUT2D eigenvalue weighted by molar-refractivity contribution is 0.0702. The normalized spacial score (nSPS) is 19.4. The van der Waals surface area contributed by atoms with E-state index in [1.807, 2.05) is 0 Å². The molecular weight excluding hydrogens is 340 g/mol. The van der Waals surface area contributed by atoms with Gasteiger partial charge in [-0.05, 0) is 31.4 Å². The Morgan fingerprint density at radius 1 is 1.35 bits per heavy atom. The van der Waals surface area contributed by atoms with Crippen LogP contribution >= 0.6 is 11.3 Å². The predicted octanol–water partition coefficient (Wildman–Crippen LogP) is 1.38. The van der Waals surface area contributed by atoms with Crippen molar-refractivity contribution < 1.29 is 23.1 Å². The lowest BCUT2D eigenvalue weighted by Gasteiger charge is -2.33. The van der Waals surface area contributed by atoms with Gasteiger partial charge in [-0.25, -0.2) is 13.2 Å². The van der Waals surface area contributed by atoms with Crippen LogP contribution in [0, 0.1) is 0 Å². The summed E-state index contributed by atoms with van der Waals surface area (Å²) < 4.78 is 25.0. The number of hydrogen-bond acceptors (Lipinski definition) is 5. The molecule has 1 saturated heterocycles. The number of thiophene rings is 1. The van der Waals surface area contributed by atoms with Crippen molar-refractivity contribution in [2.45, 2.75) is 31.7 Å². The fraction of sp³-hybridized carbons (Fsp3) is 0.571. The minimum Gasteiger partial charge on any atom is -0.477 e. The molecule has 0 bridgehead atoms. The van der Waals surface area contributed by atoms with E-state index in [1.165, 1.54) is 22.7 Å². The van der Waals surface area contributed by atoms with E-state index in [9.17, 15) is 18.0 Å². The van der Waals surface area contributed by atoms with Crippen molar-refractivity contribution in [3.05, 3.63) is 21.9 Å². The van der Waals surface area contributed by atoms with Crippen LogP contribution in [0.2, 0.25) is 0 Å². The molecule has 0 aromatic carbocycles. The summed E-state index contributed by atoms with van der Waals surface area (Å²) in [6.07, 6.45) is 4.41. The summed E-state index contributed by atoms with van der Waals surface area (Å²) in [4.78, 5) is 23.2. The second kappa shape index (κ2) is 7.41. The van der Waals surface area contributed by atoms with Crippen LogP contribution in [0.3, 0.4) is 0 Å². The van der Waals surface area contributed by atoms with Gasteiger partial charge >= 0.3 is 5.97 Å². The minimum atomic E-state index is -3.23. The number of carboxylic acids is 1. The average Bonchev–Trinajstić information content (AvgIpc) is 2.96. The summed E-state index contributed by atoms with van der Waals surface area (Å²) in [6, 6.07) is 2.79. The molecule has 1 atom stereocenters. The lowest BCUT2D eigenvalue weighted by Crippen LogP contribution is -2.44. The van der Waals surface area contributed by atoms with Gasteiger partial charge in [-0.3, -0.25) is 4.79 Å². The van der Waals surface area contributed by atoms with Crippen LogP contribution in [0.4, 0.5) is 0 Å². The quantitative estimate of drug-likeness (QED) is 0.798. The summed E-state index contributed by atoms with van der Waals surface area (Å²) in [5.41, 5.74) is 0. The Bertz CT molecular complexity index is 683. The molecule has 2 rings (SSSR count). The van der Waals surface area contributed by atoms with E-state index < -0.39 is 16.0 Å². The zero-order valence-electron chi connectivity index (χ0n) is 12.8. The van der Waals surface area contributed by atoms with Gasteiger partial charge in [0.15, 0.2) is 0 Å². The molecule has 1 aliphatic heterocycles. The standard InChI is InChI=1S/C14H20N2O5S2/c1-23(20,21)16-9-3-2-4-10(16)7-8-15-13(17)11-5-6-12(22-11)14(18)19/h5-6,10H,2-4,7-9H2,1H3,(H,15,17)(H,18,19)/t10-/m0/s1. The topological polar surface area (TPSA) is 104 Å². The highest BCUT2D eigenvalue weighted by Crippen LogP contribution is 2.22. The first-order valence-corrected chi connectivity index (χ1v) is 10.0. The fourth-order valence-electron chi connectivity index (χ4n) is 2.71. The molecular formula is C14H20N2O5S2. The second-order valence-electron chi connectivity index (χ2n) is 5.54. The first-order valence-electron chi connectivity index (χ1n) is 7.37. The number of aromatic carboxylic acids is 1. The zero-order valence-corrected chi connectivity index (χ0v) is 14.5. The monoisotopic (exact) mass is 360 g/mol. The SMILES string of the molecule is CS(=O)(=O)N1CCCC[C@H]1CCNC(=O)c1ccc(C(=O)O)s1. The predicted molar refractivity (Wildman–Crippen MR) is 87.4 cm³/mol. The first-order chi connectivity index (χ1) is 10.8. The number of hydrogen-bond donors (Lipinski definition) is 2. The van der Waals surface area contributed by atoms with E-state index in [-0.39, 0.29) is 16.8 Å². The van der Waals surface area contributed by atoms with Crippen LogP contribution in [0.1, 0.15) is 45.0 Å². The molecule has 0 saturated carbocycles. The molecule has 2 heterocycles. The van der Waals surface area contributed by atoms with Crippen molar-refractivity contribution >= 4 is 33.2 Å². The van der Waals surface area contributed by atoms with Crippen LogP contribution < -0.4 is 5.32 Å². The Balaban J connectivity index is 1.87. The van der Waals surface area contributed by atoms with Crippen LogP contribution in [-0.2, 0) is 10.0 Å². The number of amides is 1. The Hall–Kier alpha value is -1.45. The molecule has 0 spiro atoms. The average molecular weight is 360 g/mol. The van der Waals surface area contributed by atoms with Gasteiger partial charge in [0.05, 0.1) is 11.1 Å². The van der Waals surface area contributed by atoms with E-state index in [4.69, 9.17) is 5.11 Å². The second-order valence-corrected chi connectivity index (χ2v) is 8.56. The van der Waals surface area contributed by atoms with E-state index in [0.717, 1.165) is 30.6 Å². The molecule has 1 fully saturated rings. The van der Waals surface area contributed by atoms with Crippen molar-refractivity contribution in [2.75, 3.05) is 19.3 Å². The van der Waals surface area contributed by atoms with Gasteiger partial charge in [0, 0.05) is 19.1 Å². The Morgan fingerprint density at radius 3 is 2.65 bits per heavy atom. The third kappa shape index (κ3) is 4.76. The number of nitrogens with one attached hydrogen (secondary N) is 1. The van der Waals surface area contributed by atoms with E-state index in [2.05, 4.69) is 5.32 Å². The van der Waals surface area contributed by atoms with Gasteiger partial charge in [-0.2, -0.15) is 4.31 Å². The summed E-state index contributed by atoms with van der Waals surface area (Å²) in [6.45, 7) is 0.889. The first kappa shape index (κ1) is 17.9. The van der Waals surface area contributed by atoms with Gasteiger partial charge in [0.25, 0.3) is 5.91 Å². The van der Waals surface area contributed by atoms with Crippen molar-refractivity contribution in [3.8, 4) is 0 Å². The fourth-order valence-corrected chi connectivity index (χ4v) is 4.69. The van der Waals surface area contributed by atoms with Gasteiger partial charge in [0.1, 0.15) is 4.88 Å². The number of nitrogens with zero attached hydrogens (tertiary/aromatic N) is 1. The van der Waals surface area contributed by atoms with Crippen molar-refractivity contribution in [2.24, 2.45) is 0 Å². The minimum absolute atomic E-state index is 0.0861. The van der Waals surface area contributed by atoms with E-state index in [0.29, 0.717) is 24.4 Å². The lowest BCUT2D eigenvalue weighted by atomic mass is 10.0. The molecule has 1 amide bonds. The molecule has 1 aromatic heterocycles. The molecule has 0 aliphatic carbocycles.